The van der Waals surface area contributed by atoms with Gasteiger partial charge in [0.15, 0.2) is 0 Å². The van der Waals surface area contributed by atoms with Crippen molar-refractivity contribution in [3.8, 4) is 0 Å². The summed E-state index contributed by atoms with van der Waals surface area (Å²) in [6, 6.07) is -0.201. The summed E-state index contributed by atoms with van der Waals surface area (Å²) in [5.74, 6) is -1.29. The van der Waals surface area contributed by atoms with Crippen LogP contribution in [0.2, 0.25) is 0 Å². The molecule has 0 spiro atoms. The van der Waals surface area contributed by atoms with Crippen LogP contribution in [0.5, 0.6) is 0 Å². The number of likely N-dealkylation sites (tertiary alicyclic amines) is 1. The van der Waals surface area contributed by atoms with Crippen LogP contribution in [-0.2, 0) is 9.53 Å². The number of hydrogen-bond acceptors (Lipinski definition) is 3. The van der Waals surface area contributed by atoms with Crippen LogP contribution in [0.4, 0.5) is 4.79 Å². The van der Waals surface area contributed by atoms with Gasteiger partial charge >= 0.3 is 12.0 Å². The van der Waals surface area contributed by atoms with Gasteiger partial charge in [-0.15, -0.1) is 0 Å². The van der Waals surface area contributed by atoms with Crippen LogP contribution < -0.4 is 5.32 Å². The quantitative estimate of drug-likeness (QED) is 0.760. The largest absolute Gasteiger partial charge is 0.481 e. The summed E-state index contributed by atoms with van der Waals surface area (Å²) in [6.45, 7) is 5.17. The van der Waals surface area contributed by atoms with Gasteiger partial charge in [-0.1, -0.05) is 20.3 Å². The lowest BCUT2D eigenvalue weighted by atomic mass is 9.99. The summed E-state index contributed by atoms with van der Waals surface area (Å²) in [5.41, 5.74) is 0. The second-order valence-corrected chi connectivity index (χ2v) is 5.22. The second-order valence-electron chi connectivity index (χ2n) is 5.22. The summed E-state index contributed by atoms with van der Waals surface area (Å²) in [7, 11) is 1.60. The third kappa shape index (κ3) is 4.38. The molecule has 1 unspecified atom stereocenters. The molecule has 0 aromatic carbocycles. The number of nitrogens with one attached hydrogen (secondary N) is 1. The molecule has 0 radical (unpaired) electrons. The molecule has 0 aromatic rings. The fraction of sp³-hybridized carbons (Fsp3) is 0.846. The zero-order chi connectivity index (χ0) is 14.4. The number of ether oxygens (including phenoxy) is 1. The number of nitrogens with zero attached hydrogens (tertiary/aromatic N) is 1. The number of aliphatic carboxylic acids is 1. The molecule has 2 amide bonds. The number of carboxylic acid groups (broad SMARTS) is 1. The van der Waals surface area contributed by atoms with Crippen molar-refractivity contribution in [2.24, 2.45) is 11.8 Å². The Morgan fingerprint density at radius 1 is 1.47 bits per heavy atom. The molecule has 0 aromatic heterocycles. The van der Waals surface area contributed by atoms with Crippen LogP contribution >= 0.6 is 0 Å². The van der Waals surface area contributed by atoms with E-state index in [9.17, 15) is 9.59 Å². The first kappa shape index (κ1) is 15.8. The first-order valence-electron chi connectivity index (χ1n) is 6.76. The van der Waals surface area contributed by atoms with Gasteiger partial charge in [0.05, 0.1) is 18.6 Å². The standard InChI is InChI=1S/C13H24N2O4/c1-4-5-10(8-19-3)14-13(18)15-6-9(2)11(7-15)12(16)17/h9-11H,4-8H2,1-3H3,(H,14,18)(H,16,17)/t9-,10?,11-/m1/s1. The highest BCUT2D eigenvalue weighted by molar-refractivity contribution is 5.77. The first-order chi connectivity index (χ1) is 8.99. The van der Waals surface area contributed by atoms with Crippen LogP contribution in [0.25, 0.3) is 0 Å². The highest BCUT2D eigenvalue weighted by atomic mass is 16.5. The van der Waals surface area contributed by atoms with E-state index in [2.05, 4.69) is 5.32 Å². The van der Waals surface area contributed by atoms with Crippen molar-refractivity contribution >= 4 is 12.0 Å². The van der Waals surface area contributed by atoms with Gasteiger partial charge in [-0.2, -0.15) is 0 Å². The van der Waals surface area contributed by atoms with Crippen molar-refractivity contribution in [3.63, 3.8) is 0 Å². The van der Waals surface area contributed by atoms with E-state index in [0.717, 1.165) is 12.8 Å². The van der Waals surface area contributed by atoms with E-state index < -0.39 is 11.9 Å². The van der Waals surface area contributed by atoms with Gasteiger partial charge in [-0.25, -0.2) is 4.79 Å². The van der Waals surface area contributed by atoms with E-state index in [1.54, 1.807) is 12.0 Å². The molecule has 0 saturated carbocycles. The van der Waals surface area contributed by atoms with Gasteiger partial charge < -0.3 is 20.1 Å². The van der Waals surface area contributed by atoms with Crippen LogP contribution in [0.1, 0.15) is 26.7 Å². The number of methoxy groups -OCH3 is 1. The Morgan fingerprint density at radius 3 is 2.63 bits per heavy atom. The fourth-order valence-corrected chi connectivity index (χ4v) is 2.47. The van der Waals surface area contributed by atoms with E-state index in [1.165, 1.54) is 0 Å². The molecule has 3 atom stereocenters. The average Bonchev–Trinajstić information content (AvgIpc) is 2.72. The number of rotatable bonds is 6. The lowest BCUT2D eigenvalue weighted by Gasteiger charge is -2.22. The lowest BCUT2D eigenvalue weighted by molar-refractivity contribution is -0.142. The third-order valence-electron chi connectivity index (χ3n) is 3.55. The normalized spacial score (nSPS) is 24.3. The van der Waals surface area contributed by atoms with Gasteiger partial charge in [-0.05, 0) is 12.3 Å². The molecule has 0 bridgehead atoms. The molecule has 6 nitrogen and oxygen atoms in total. The molecule has 1 heterocycles. The molecule has 0 aliphatic carbocycles. The maximum absolute atomic E-state index is 12.1. The van der Waals surface area contributed by atoms with Gasteiger partial charge in [0.2, 0.25) is 0 Å². The summed E-state index contributed by atoms with van der Waals surface area (Å²) < 4.78 is 5.07. The summed E-state index contributed by atoms with van der Waals surface area (Å²) in [5, 5.41) is 12.0. The van der Waals surface area contributed by atoms with E-state index >= 15 is 0 Å². The monoisotopic (exact) mass is 272 g/mol. The number of urea groups is 1. The molecule has 1 aliphatic heterocycles. The number of carbonyl (C=O) groups excluding carboxylic acids is 1. The number of amides is 2. The highest BCUT2D eigenvalue weighted by Gasteiger charge is 2.37. The highest BCUT2D eigenvalue weighted by Crippen LogP contribution is 2.23. The summed E-state index contributed by atoms with van der Waals surface area (Å²) in [4.78, 5) is 24.7. The van der Waals surface area contributed by atoms with Gasteiger partial charge in [0, 0.05) is 20.2 Å². The predicted octanol–water partition coefficient (Wildman–Crippen LogP) is 1.16. The van der Waals surface area contributed by atoms with E-state index in [0.29, 0.717) is 13.2 Å². The number of carboxylic acids is 1. The Bertz CT molecular complexity index is 316. The van der Waals surface area contributed by atoms with E-state index in [1.807, 2.05) is 13.8 Å². The Balaban J connectivity index is 2.51. The third-order valence-corrected chi connectivity index (χ3v) is 3.55. The summed E-state index contributed by atoms with van der Waals surface area (Å²) >= 11 is 0. The molecule has 1 aliphatic rings. The Kier molecular flexibility index (Phi) is 6.08. The first-order valence-corrected chi connectivity index (χ1v) is 6.76. The second kappa shape index (κ2) is 7.33. The smallest absolute Gasteiger partial charge is 0.317 e. The summed E-state index contributed by atoms with van der Waals surface area (Å²) in [6.07, 6.45) is 1.81. The van der Waals surface area contributed by atoms with E-state index in [-0.39, 0.29) is 24.5 Å². The topological polar surface area (TPSA) is 78.9 Å². The lowest BCUT2D eigenvalue weighted by Crippen LogP contribution is -2.45. The molecule has 2 N–H and O–H groups in total. The maximum Gasteiger partial charge on any atom is 0.317 e. The van der Waals surface area contributed by atoms with E-state index in [4.69, 9.17) is 9.84 Å². The molecule has 6 heteroatoms. The zero-order valence-electron chi connectivity index (χ0n) is 11.9. The van der Waals surface area contributed by atoms with Crippen LogP contribution in [0.15, 0.2) is 0 Å². The fourth-order valence-electron chi connectivity index (χ4n) is 2.47. The minimum Gasteiger partial charge on any atom is -0.481 e. The van der Waals surface area contributed by atoms with Crippen LogP contribution in [0, 0.1) is 11.8 Å². The van der Waals surface area contributed by atoms with Gasteiger partial charge in [-0.3, -0.25) is 4.79 Å². The number of carbonyl (C=O) groups is 2. The van der Waals surface area contributed by atoms with Gasteiger partial charge in [0.1, 0.15) is 0 Å². The molecule has 19 heavy (non-hydrogen) atoms. The molecular weight excluding hydrogens is 248 g/mol. The molecular formula is C13H24N2O4. The molecule has 1 rings (SSSR count). The van der Waals surface area contributed by atoms with Crippen molar-refractivity contribution in [1.82, 2.24) is 10.2 Å². The Morgan fingerprint density at radius 2 is 2.16 bits per heavy atom. The maximum atomic E-state index is 12.1. The van der Waals surface area contributed by atoms with Crippen molar-refractivity contribution < 1.29 is 19.4 Å². The van der Waals surface area contributed by atoms with Crippen molar-refractivity contribution in [2.45, 2.75) is 32.7 Å². The molecule has 1 fully saturated rings. The van der Waals surface area contributed by atoms with Crippen molar-refractivity contribution in [2.75, 3.05) is 26.8 Å². The Labute approximate surface area is 114 Å². The number of hydrogen-bond donors (Lipinski definition) is 2. The van der Waals surface area contributed by atoms with Crippen molar-refractivity contribution in [3.05, 3.63) is 0 Å². The SMILES string of the molecule is CCCC(COC)NC(=O)N1C[C@@H](C)[C@H](C(=O)O)C1. The predicted molar refractivity (Wildman–Crippen MR) is 71.0 cm³/mol. The zero-order valence-corrected chi connectivity index (χ0v) is 11.9. The van der Waals surface area contributed by atoms with Gasteiger partial charge in [0.25, 0.3) is 0 Å². The minimum absolute atomic E-state index is 0.00435. The molecule has 1 saturated heterocycles. The van der Waals surface area contributed by atoms with Crippen LogP contribution in [0.3, 0.4) is 0 Å². The minimum atomic E-state index is -0.829. The van der Waals surface area contributed by atoms with Crippen molar-refractivity contribution in [1.29, 1.82) is 0 Å². The molecule has 110 valence electrons. The Hall–Kier alpha value is -1.30. The van der Waals surface area contributed by atoms with Crippen LogP contribution in [-0.4, -0.2) is 54.9 Å². The average molecular weight is 272 g/mol.